The molecule has 0 bridgehead atoms. The van der Waals surface area contributed by atoms with Crippen molar-refractivity contribution in [3.8, 4) is 0 Å². The minimum atomic E-state index is -0.833. The zero-order valence-corrected chi connectivity index (χ0v) is 11.5. The van der Waals surface area contributed by atoms with E-state index in [1.807, 2.05) is 30.3 Å². The van der Waals surface area contributed by atoms with E-state index in [1.165, 1.54) is 0 Å². The van der Waals surface area contributed by atoms with Crippen LogP contribution in [0.2, 0.25) is 0 Å². The molecule has 0 radical (unpaired) electrons. The molecule has 1 aromatic rings. The lowest BCUT2D eigenvalue weighted by Crippen LogP contribution is -2.38. The van der Waals surface area contributed by atoms with E-state index in [1.54, 1.807) is 11.8 Å². The van der Waals surface area contributed by atoms with Crippen LogP contribution < -0.4 is 5.73 Å². The summed E-state index contributed by atoms with van der Waals surface area (Å²) < 4.78 is 0. The Bertz CT molecular complexity index is 489. The summed E-state index contributed by atoms with van der Waals surface area (Å²) in [4.78, 5) is 24.9. The fourth-order valence-corrected chi connectivity index (χ4v) is 2.57. The topological polar surface area (TPSA) is 83.6 Å². The van der Waals surface area contributed by atoms with Crippen LogP contribution in [0.5, 0.6) is 0 Å². The standard InChI is InChI=1S/C15H20N2O3/c1-10(13(16)11-5-3-2-4-6-11)14(18)17-8-7-12(9-17)15(19)20/h2-6,10,12-13H,7-9,16H2,1H3,(H,19,20). The minimum Gasteiger partial charge on any atom is -0.481 e. The number of hydrogen-bond donors (Lipinski definition) is 2. The highest BCUT2D eigenvalue weighted by molar-refractivity contribution is 5.81. The first-order chi connectivity index (χ1) is 9.50. The predicted molar refractivity (Wildman–Crippen MR) is 74.9 cm³/mol. The second-order valence-electron chi connectivity index (χ2n) is 5.33. The third-order valence-electron chi connectivity index (χ3n) is 3.96. The fourth-order valence-electron chi connectivity index (χ4n) is 2.57. The molecule has 1 saturated heterocycles. The van der Waals surface area contributed by atoms with E-state index in [2.05, 4.69) is 0 Å². The van der Waals surface area contributed by atoms with Crippen molar-refractivity contribution >= 4 is 11.9 Å². The van der Waals surface area contributed by atoms with Gasteiger partial charge in [0.25, 0.3) is 0 Å². The SMILES string of the molecule is CC(C(=O)N1CCC(C(=O)O)C1)C(N)c1ccccc1. The second-order valence-corrected chi connectivity index (χ2v) is 5.33. The molecule has 3 unspecified atom stereocenters. The maximum absolute atomic E-state index is 12.4. The Labute approximate surface area is 118 Å². The second kappa shape index (κ2) is 6.05. The number of amides is 1. The lowest BCUT2D eigenvalue weighted by Gasteiger charge is -2.25. The fraction of sp³-hybridized carbons (Fsp3) is 0.467. The summed E-state index contributed by atoms with van der Waals surface area (Å²) in [5, 5.41) is 8.98. The van der Waals surface area contributed by atoms with Gasteiger partial charge in [0.05, 0.1) is 11.8 Å². The molecule has 0 saturated carbocycles. The predicted octanol–water partition coefficient (Wildman–Crippen LogP) is 1.26. The normalized spacial score (nSPS) is 21.5. The highest BCUT2D eigenvalue weighted by Crippen LogP contribution is 2.24. The van der Waals surface area contributed by atoms with Gasteiger partial charge in [0.15, 0.2) is 0 Å². The Balaban J connectivity index is 2.01. The number of carbonyl (C=O) groups is 2. The molecule has 5 nitrogen and oxygen atoms in total. The smallest absolute Gasteiger partial charge is 0.308 e. The molecular formula is C15H20N2O3. The Hall–Kier alpha value is -1.88. The molecule has 108 valence electrons. The summed E-state index contributed by atoms with van der Waals surface area (Å²) in [7, 11) is 0. The van der Waals surface area contributed by atoms with Crippen molar-refractivity contribution in [3.63, 3.8) is 0 Å². The molecule has 1 aromatic carbocycles. The number of carboxylic acids is 1. The van der Waals surface area contributed by atoms with Crippen LogP contribution in [-0.2, 0) is 9.59 Å². The zero-order valence-electron chi connectivity index (χ0n) is 11.5. The van der Waals surface area contributed by atoms with Gasteiger partial charge in [-0.2, -0.15) is 0 Å². The number of aliphatic carboxylic acids is 1. The summed E-state index contributed by atoms with van der Waals surface area (Å²) in [6.07, 6.45) is 0.522. The van der Waals surface area contributed by atoms with Gasteiger partial charge in [-0.3, -0.25) is 9.59 Å². The largest absolute Gasteiger partial charge is 0.481 e. The molecule has 1 amide bonds. The summed E-state index contributed by atoms with van der Waals surface area (Å²) in [5.74, 6) is -1.70. The molecule has 1 heterocycles. The maximum Gasteiger partial charge on any atom is 0.308 e. The zero-order chi connectivity index (χ0) is 14.7. The molecule has 20 heavy (non-hydrogen) atoms. The quantitative estimate of drug-likeness (QED) is 0.867. The number of carbonyl (C=O) groups excluding carboxylic acids is 1. The van der Waals surface area contributed by atoms with Crippen LogP contribution >= 0.6 is 0 Å². The monoisotopic (exact) mass is 276 g/mol. The summed E-state index contributed by atoms with van der Waals surface area (Å²) in [6, 6.07) is 9.12. The first-order valence-electron chi connectivity index (χ1n) is 6.83. The van der Waals surface area contributed by atoms with Gasteiger partial charge in [-0.15, -0.1) is 0 Å². The van der Waals surface area contributed by atoms with E-state index in [0.717, 1.165) is 5.56 Å². The molecule has 2 rings (SSSR count). The van der Waals surface area contributed by atoms with E-state index in [0.29, 0.717) is 19.5 Å². The number of carboxylic acid groups (broad SMARTS) is 1. The number of rotatable bonds is 4. The third kappa shape index (κ3) is 2.99. The maximum atomic E-state index is 12.4. The molecule has 0 aliphatic carbocycles. The van der Waals surface area contributed by atoms with E-state index in [9.17, 15) is 9.59 Å². The molecule has 0 aromatic heterocycles. The number of nitrogens with zero attached hydrogens (tertiary/aromatic N) is 1. The van der Waals surface area contributed by atoms with E-state index in [-0.39, 0.29) is 17.9 Å². The number of likely N-dealkylation sites (tertiary alicyclic amines) is 1. The van der Waals surface area contributed by atoms with Crippen LogP contribution in [0.25, 0.3) is 0 Å². The van der Waals surface area contributed by atoms with Crippen LogP contribution in [0.4, 0.5) is 0 Å². The van der Waals surface area contributed by atoms with Crippen LogP contribution in [0.3, 0.4) is 0 Å². The van der Waals surface area contributed by atoms with Crippen molar-refractivity contribution in [1.82, 2.24) is 4.90 Å². The molecule has 0 spiro atoms. The highest BCUT2D eigenvalue weighted by atomic mass is 16.4. The van der Waals surface area contributed by atoms with Crippen molar-refractivity contribution in [1.29, 1.82) is 0 Å². The first kappa shape index (κ1) is 14.5. The van der Waals surface area contributed by atoms with E-state index < -0.39 is 11.9 Å². The highest BCUT2D eigenvalue weighted by Gasteiger charge is 2.34. The van der Waals surface area contributed by atoms with Gasteiger partial charge in [-0.1, -0.05) is 37.3 Å². The van der Waals surface area contributed by atoms with Gasteiger partial charge >= 0.3 is 5.97 Å². The summed E-state index contributed by atoms with van der Waals surface area (Å²) in [6.45, 7) is 2.59. The summed E-state index contributed by atoms with van der Waals surface area (Å²) >= 11 is 0. The van der Waals surface area contributed by atoms with Gasteiger partial charge < -0.3 is 15.7 Å². The lowest BCUT2D eigenvalue weighted by atomic mass is 9.94. The summed E-state index contributed by atoms with van der Waals surface area (Å²) in [5.41, 5.74) is 7.06. The van der Waals surface area contributed by atoms with Gasteiger partial charge in [0.2, 0.25) is 5.91 Å². The van der Waals surface area contributed by atoms with Crippen LogP contribution in [0.15, 0.2) is 30.3 Å². The van der Waals surface area contributed by atoms with Gasteiger partial charge in [-0.25, -0.2) is 0 Å². The number of benzene rings is 1. The van der Waals surface area contributed by atoms with Crippen LogP contribution in [0, 0.1) is 11.8 Å². The van der Waals surface area contributed by atoms with Crippen molar-refractivity contribution in [2.45, 2.75) is 19.4 Å². The Morgan fingerprint density at radius 3 is 2.55 bits per heavy atom. The molecule has 3 N–H and O–H groups in total. The molecule has 1 fully saturated rings. The Kier molecular flexibility index (Phi) is 4.39. The lowest BCUT2D eigenvalue weighted by molar-refractivity contribution is -0.141. The molecule has 5 heteroatoms. The van der Waals surface area contributed by atoms with E-state index >= 15 is 0 Å². The molecule has 3 atom stereocenters. The average molecular weight is 276 g/mol. The van der Waals surface area contributed by atoms with Gasteiger partial charge in [-0.05, 0) is 12.0 Å². The van der Waals surface area contributed by atoms with E-state index in [4.69, 9.17) is 10.8 Å². The van der Waals surface area contributed by atoms with Crippen LogP contribution in [-0.4, -0.2) is 35.0 Å². The van der Waals surface area contributed by atoms with Gasteiger partial charge in [0.1, 0.15) is 0 Å². The number of hydrogen-bond acceptors (Lipinski definition) is 3. The van der Waals surface area contributed by atoms with Crippen LogP contribution in [0.1, 0.15) is 24.9 Å². The van der Waals surface area contributed by atoms with Crippen molar-refractivity contribution < 1.29 is 14.7 Å². The Morgan fingerprint density at radius 2 is 2.00 bits per heavy atom. The first-order valence-corrected chi connectivity index (χ1v) is 6.83. The van der Waals surface area contributed by atoms with Crippen molar-refractivity contribution in [3.05, 3.63) is 35.9 Å². The third-order valence-corrected chi connectivity index (χ3v) is 3.96. The number of nitrogens with two attached hydrogens (primary N) is 1. The average Bonchev–Trinajstić information content (AvgIpc) is 2.96. The van der Waals surface area contributed by atoms with Crippen molar-refractivity contribution in [2.24, 2.45) is 17.6 Å². The molecule has 1 aliphatic rings. The van der Waals surface area contributed by atoms with Crippen molar-refractivity contribution in [2.75, 3.05) is 13.1 Å². The molecular weight excluding hydrogens is 256 g/mol. The Morgan fingerprint density at radius 1 is 1.35 bits per heavy atom. The van der Waals surface area contributed by atoms with Gasteiger partial charge in [0, 0.05) is 19.1 Å². The minimum absolute atomic E-state index is 0.0647. The molecule has 1 aliphatic heterocycles.